The van der Waals surface area contributed by atoms with Crippen LogP contribution in [0.5, 0.6) is 5.75 Å². The van der Waals surface area contributed by atoms with Crippen LogP contribution in [0.15, 0.2) is 48.5 Å². The lowest BCUT2D eigenvalue weighted by molar-refractivity contribution is 0.0638. The Labute approximate surface area is 164 Å². The van der Waals surface area contributed by atoms with E-state index in [9.17, 15) is 4.79 Å². The number of rotatable bonds is 3. The molecule has 0 radical (unpaired) electrons. The number of nitrogens with two attached hydrogens (primary N) is 1. The van der Waals surface area contributed by atoms with Crippen molar-refractivity contribution < 1.29 is 9.53 Å². The normalized spacial score (nSPS) is 16.0. The fourth-order valence-corrected chi connectivity index (χ4v) is 3.96. The molecule has 1 unspecified atom stereocenters. The van der Waals surface area contributed by atoms with Crippen molar-refractivity contribution in [3.8, 4) is 5.75 Å². The predicted molar refractivity (Wildman–Crippen MR) is 108 cm³/mol. The Morgan fingerprint density at radius 3 is 2.57 bits per heavy atom. The number of fused-ring (bicyclic) bond motifs is 1. The SMILES string of the molecule is COc1ccc2c(c1)CN(C(=O)c1c(C)nn(C)c1N)C(c1ccccc1)C2. The number of anilines is 1. The van der Waals surface area contributed by atoms with E-state index in [2.05, 4.69) is 23.3 Å². The third kappa shape index (κ3) is 3.01. The van der Waals surface area contributed by atoms with Gasteiger partial charge in [0.2, 0.25) is 0 Å². The highest BCUT2D eigenvalue weighted by molar-refractivity contribution is 6.00. The van der Waals surface area contributed by atoms with Crippen LogP contribution in [0.2, 0.25) is 0 Å². The number of carbonyl (C=O) groups is 1. The fraction of sp³-hybridized carbons (Fsp3) is 0.273. The van der Waals surface area contributed by atoms with E-state index in [0.717, 1.165) is 23.3 Å². The predicted octanol–water partition coefficient (Wildman–Crippen LogP) is 3.26. The monoisotopic (exact) mass is 376 g/mol. The van der Waals surface area contributed by atoms with Gasteiger partial charge in [-0.25, -0.2) is 0 Å². The van der Waals surface area contributed by atoms with Crippen molar-refractivity contribution in [3.63, 3.8) is 0 Å². The van der Waals surface area contributed by atoms with Crippen molar-refractivity contribution in [1.82, 2.24) is 14.7 Å². The van der Waals surface area contributed by atoms with E-state index in [1.165, 1.54) is 5.56 Å². The summed E-state index contributed by atoms with van der Waals surface area (Å²) in [5, 5.41) is 4.32. The summed E-state index contributed by atoms with van der Waals surface area (Å²) in [5.74, 6) is 1.09. The van der Waals surface area contributed by atoms with Crippen LogP contribution in [0, 0.1) is 6.92 Å². The number of hydrogen-bond donors (Lipinski definition) is 1. The third-order valence-electron chi connectivity index (χ3n) is 5.47. The molecule has 0 fully saturated rings. The molecule has 0 spiro atoms. The van der Waals surface area contributed by atoms with E-state index in [1.54, 1.807) is 18.8 Å². The zero-order chi connectivity index (χ0) is 19.8. The highest BCUT2D eigenvalue weighted by Crippen LogP contribution is 2.36. The van der Waals surface area contributed by atoms with Gasteiger partial charge in [0.05, 0.1) is 18.8 Å². The molecule has 1 atom stereocenters. The standard InChI is InChI=1S/C22H24N4O2/c1-14-20(21(23)25(2)24-14)22(27)26-13-17-11-18(28-3)10-9-16(17)12-19(26)15-7-5-4-6-8-15/h4-11,19H,12-13,23H2,1-3H3. The van der Waals surface area contributed by atoms with Crippen LogP contribution in [0.1, 0.15) is 38.8 Å². The molecular weight excluding hydrogens is 352 g/mol. The minimum absolute atomic E-state index is 0.0615. The van der Waals surface area contributed by atoms with Crippen molar-refractivity contribution in [3.05, 3.63) is 76.5 Å². The van der Waals surface area contributed by atoms with Crippen LogP contribution in [-0.4, -0.2) is 27.7 Å². The molecule has 144 valence electrons. The van der Waals surface area contributed by atoms with Gasteiger partial charge in [-0.15, -0.1) is 0 Å². The lowest BCUT2D eigenvalue weighted by Gasteiger charge is -2.37. The van der Waals surface area contributed by atoms with E-state index < -0.39 is 0 Å². The van der Waals surface area contributed by atoms with Crippen molar-refractivity contribution in [2.45, 2.75) is 25.9 Å². The summed E-state index contributed by atoms with van der Waals surface area (Å²) in [6.45, 7) is 2.32. The summed E-state index contributed by atoms with van der Waals surface area (Å²) in [6, 6.07) is 16.1. The number of nitrogen functional groups attached to an aromatic ring is 1. The van der Waals surface area contributed by atoms with Gasteiger partial charge < -0.3 is 15.4 Å². The summed E-state index contributed by atoms with van der Waals surface area (Å²) >= 11 is 0. The second-order valence-corrected chi connectivity index (χ2v) is 7.17. The second kappa shape index (κ2) is 7.03. The van der Waals surface area contributed by atoms with E-state index in [-0.39, 0.29) is 11.9 Å². The molecule has 2 aromatic carbocycles. The minimum Gasteiger partial charge on any atom is -0.497 e. The van der Waals surface area contributed by atoms with Gasteiger partial charge in [-0.05, 0) is 42.2 Å². The first-order chi connectivity index (χ1) is 13.5. The number of amides is 1. The number of hydrogen-bond acceptors (Lipinski definition) is 4. The molecule has 0 aliphatic carbocycles. The Balaban J connectivity index is 1.80. The molecule has 0 bridgehead atoms. The molecule has 1 aliphatic rings. The maximum atomic E-state index is 13.6. The van der Waals surface area contributed by atoms with Gasteiger partial charge in [0.1, 0.15) is 17.1 Å². The first-order valence-corrected chi connectivity index (χ1v) is 9.30. The van der Waals surface area contributed by atoms with Crippen LogP contribution in [0.4, 0.5) is 5.82 Å². The number of ether oxygens (including phenoxy) is 1. The van der Waals surface area contributed by atoms with E-state index in [1.807, 2.05) is 42.2 Å². The topological polar surface area (TPSA) is 73.4 Å². The highest BCUT2D eigenvalue weighted by Gasteiger charge is 2.34. The smallest absolute Gasteiger partial charge is 0.260 e. The zero-order valence-corrected chi connectivity index (χ0v) is 16.3. The third-order valence-corrected chi connectivity index (χ3v) is 5.47. The van der Waals surface area contributed by atoms with Crippen LogP contribution < -0.4 is 10.5 Å². The summed E-state index contributed by atoms with van der Waals surface area (Å²) in [5.41, 5.74) is 10.7. The highest BCUT2D eigenvalue weighted by atomic mass is 16.5. The number of nitrogens with zero attached hydrogens (tertiary/aromatic N) is 3. The van der Waals surface area contributed by atoms with Gasteiger partial charge in [0.25, 0.3) is 5.91 Å². The van der Waals surface area contributed by atoms with Crippen LogP contribution in [0.25, 0.3) is 0 Å². The molecule has 4 rings (SSSR count). The van der Waals surface area contributed by atoms with Crippen LogP contribution >= 0.6 is 0 Å². The van der Waals surface area contributed by atoms with Crippen molar-refractivity contribution in [2.75, 3.05) is 12.8 Å². The Morgan fingerprint density at radius 1 is 1.18 bits per heavy atom. The average molecular weight is 376 g/mol. The van der Waals surface area contributed by atoms with Gasteiger partial charge >= 0.3 is 0 Å². The lowest BCUT2D eigenvalue weighted by atomic mass is 9.89. The molecule has 1 aromatic heterocycles. The number of carbonyl (C=O) groups excluding carboxylic acids is 1. The summed E-state index contributed by atoms with van der Waals surface area (Å²) in [4.78, 5) is 15.5. The molecule has 6 nitrogen and oxygen atoms in total. The number of methoxy groups -OCH3 is 1. The van der Waals surface area contributed by atoms with Gasteiger partial charge in [-0.2, -0.15) is 5.10 Å². The number of aryl methyl sites for hydroxylation is 2. The summed E-state index contributed by atoms with van der Waals surface area (Å²) < 4.78 is 6.93. The molecule has 0 saturated carbocycles. The minimum atomic E-state index is -0.0922. The van der Waals surface area contributed by atoms with Gasteiger partial charge in [-0.3, -0.25) is 9.48 Å². The Kier molecular flexibility index (Phi) is 4.55. The summed E-state index contributed by atoms with van der Waals surface area (Å²) in [7, 11) is 3.41. The van der Waals surface area contributed by atoms with Crippen LogP contribution in [-0.2, 0) is 20.0 Å². The molecule has 2 N–H and O–H groups in total. The maximum absolute atomic E-state index is 13.6. The lowest BCUT2D eigenvalue weighted by Crippen LogP contribution is -2.39. The Morgan fingerprint density at radius 2 is 1.93 bits per heavy atom. The number of aromatic nitrogens is 2. The largest absolute Gasteiger partial charge is 0.497 e. The van der Waals surface area contributed by atoms with Crippen LogP contribution in [0.3, 0.4) is 0 Å². The molecule has 0 saturated heterocycles. The van der Waals surface area contributed by atoms with E-state index in [0.29, 0.717) is 23.6 Å². The van der Waals surface area contributed by atoms with Crippen molar-refractivity contribution >= 4 is 11.7 Å². The molecule has 2 heterocycles. The second-order valence-electron chi connectivity index (χ2n) is 7.17. The van der Waals surface area contributed by atoms with Crippen molar-refractivity contribution in [1.29, 1.82) is 0 Å². The van der Waals surface area contributed by atoms with Gasteiger partial charge in [0.15, 0.2) is 0 Å². The molecule has 1 aliphatic heterocycles. The fourth-order valence-electron chi connectivity index (χ4n) is 3.96. The molecule has 28 heavy (non-hydrogen) atoms. The molecule has 6 heteroatoms. The van der Waals surface area contributed by atoms with Gasteiger partial charge in [-0.1, -0.05) is 36.4 Å². The van der Waals surface area contributed by atoms with Gasteiger partial charge in [0, 0.05) is 13.6 Å². The summed E-state index contributed by atoms with van der Waals surface area (Å²) in [6.07, 6.45) is 0.744. The first-order valence-electron chi connectivity index (χ1n) is 9.30. The molecule has 1 amide bonds. The van der Waals surface area contributed by atoms with E-state index in [4.69, 9.17) is 10.5 Å². The first kappa shape index (κ1) is 18.1. The zero-order valence-electron chi connectivity index (χ0n) is 16.3. The number of benzene rings is 2. The molecular formula is C22H24N4O2. The Bertz CT molecular complexity index is 1030. The van der Waals surface area contributed by atoms with Crippen molar-refractivity contribution in [2.24, 2.45) is 7.05 Å². The quantitative estimate of drug-likeness (QED) is 0.761. The Hall–Kier alpha value is -3.28. The molecule has 3 aromatic rings. The average Bonchev–Trinajstić information content (AvgIpc) is 2.98. The van der Waals surface area contributed by atoms with E-state index >= 15 is 0 Å². The maximum Gasteiger partial charge on any atom is 0.260 e.